The standard InChI is InChI=1S/C12H26N2O/c1-4-13-11-6-5-8-14(10-11)9-7-12(2,3)15/h11,13,15H,4-10H2,1-3H3. The zero-order chi connectivity index (χ0) is 11.3. The minimum atomic E-state index is -0.523. The van der Waals surface area contributed by atoms with Crippen molar-refractivity contribution >= 4 is 0 Å². The van der Waals surface area contributed by atoms with Gasteiger partial charge in [-0.2, -0.15) is 0 Å². The number of rotatable bonds is 5. The third kappa shape index (κ3) is 5.50. The van der Waals surface area contributed by atoms with Crippen LogP contribution in [0.4, 0.5) is 0 Å². The Bertz CT molecular complexity index is 175. The third-order valence-corrected chi connectivity index (χ3v) is 3.04. The number of nitrogens with one attached hydrogen (secondary N) is 1. The normalized spacial score (nSPS) is 24.4. The van der Waals surface area contributed by atoms with E-state index in [1.165, 1.54) is 19.4 Å². The molecule has 15 heavy (non-hydrogen) atoms. The van der Waals surface area contributed by atoms with E-state index in [0.717, 1.165) is 26.1 Å². The lowest BCUT2D eigenvalue weighted by Gasteiger charge is -2.34. The van der Waals surface area contributed by atoms with Crippen molar-refractivity contribution in [1.29, 1.82) is 0 Å². The summed E-state index contributed by atoms with van der Waals surface area (Å²) < 4.78 is 0. The summed E-state index contributed by atoms with van der Waals surface area (Å²) in [4.78, 5) is 2.47. The molecule has 3 heteroatoms. The van der Waals surface area contributed by atoms with Crippen LogP contribution in [0, 0.1) is 0 Å². The highest BCUT2D eigenvalue weighted by Gasteiger charge is 2.21. The first-order chi connectivity index (χ1) is 7.01. The average molecular weight is 214 g/mol. The number of piperidine rings is 1. The van der Waals surface area contributed by atoms with Crippen molar-refractivity contribution in [2.75, 3.05) is 26.2 Å². The van der Waals surface area contributed by atoms with Crippen LogP contribution in [0.2, 0.25) is 0 Å². The lowest BCUT2D eigenvalue weighted by molar-refractivity contribution is 0.0525. The largest absolute Gasteiger partial charge is 0.390 e. The minimum absolute atomic E-state index is 0.523. The maximum Gasteiger partial charge on any atom is 0.0603 e. The van der Waals surface area contributed by atoms with Crippen LogP contribution in [-0.2, 0) is 0 Å². The van der Waals surface area contributed by atoms with Gasteiger partial charge in [-0.1, -0.05) is 6.92 Å². The monoisotopic (exact) mass is 214 g/mol. The number of likely N-dealkylation sites (tertiary alicyclic amines) is 1. The molecule has 0 saturated carbocycles. The molecule has 0 aromatic heterocycles. The number of aliphatic hydroxyl groups is 1. The van der Waals surface area contributed by atoms with Crippen LogP contribution >= 0.6 is 0 Å². The first-order valence-electron chi connectivity index (χ1n) is 6.19. The van der Waals surface area contributed by atoms with E-state index in [9.17, 15) is 5.11 Å². The van der Waals surface area contributed by atoms with Crippen LogP contribution in [0.15, 0.2) is 0 Å². The van der Waals surface area contributed by atoms with Gasteiger partial charge in [-0.15, -0.1) is 0 Å². The van der Waals surface area contributed by atoms with Crippen molar-refractivity contribution in [3.8, 4) is 0 Å². The van der Waals surface area contributed by atoms with Crippen LogP contribution < -0.4 is 5.32 Å². The predicted molar refractivity (Wildman–Crippen MR) is 64.1 cm³/mol. The van der Waals surface area contributed by atoms with Gasteiger partial charge in [0, 0.05) is 19.1 Å². The van der Waals surface area contributed by atoms with Crippen molar-refractivity contribution in [3.05, 3.63) is 0 Å². The van der Waals surface area contributed by atoms with Crippen molar-refractivity contribution in [3.63, 3.8) is 0 Å². The highest BCUT2D eigenvalue weighted by Crippen LogP contribution is 2.13. The molecule has 0 radical (unpaired) electrons. The summed E-state index contributed by atoms with van der Waals surface area (Å²) >= 11 is 0. The van der Waals surface area contributed by atoms with Crippen molar-refractivity contribution in [2.45, 2.75) is 51.7 Å². The van der Waals surface area contributed by atoms with E-state index in [0.29, 0.717) is 6.04 Å². The maximum atomic E-state index is 9.68. The fourth-order valence-electron chi connectivity index (χ4n) is 2.15. The molecule has 0 spiro atoms. The number of hydrogen-bond donors (Lipinski definition) is 2. The topological polar surface area (TPSA) is 35.5 Å². The molecule has 0 aliphatic carbocycles. The molecule has 1 atom stereocenters. The summed E-state index contributed by atoms with van der Waals surface area (Å²) in [7, 11) is 0. The molecule has 3 nitrogen and oxygen atoms in total. The molecule has 1 heterocycles. The molecule has 90 valence electrons. The van der Waals surface area contributed by atoms with Gasteiger partial charge in [-0.25, -0.2) is 0 Å². The number of hydrogen-bond acceptors (Lipinski definition) is 3. The molecule has 0 bridgehead atoms. The Balaban J connectivity index is 2.24. The van der Waals surface area contributed by atoms with Crippen molar-refractivity contribution in [1.82, 2.24) is 10.2 Å². The van der Waals surface area contributed by atoms with Gasteiger partial charge in [0.15, 0.2) is 0 Å². The Morgan fingerprint density at radius 3 is 2.80 bits per heavy atom. The molecule has 1 unspecified atom stereocenters. The first-order valence-corrected chi connectivity index (χ1v) is 6.19. The summed E-state index contributed by atoms with van der Waals surface area (Å²) in [5.74, 6) is 0. The number of likely N-dealkylation sites (N-methyl/N-ethyl adjacent to an activating group) is 1. The summed E-state index contributed by atoms with van der Waals surface area (Å²) in [6.07, 6.45) is 3.45. The molecule has 1 rings (SSSR count). The van der Waals surface area contributed by atoms with Gasteiger partial charge in [0.25, 0.3) is 0 Å². The summed E-state index contributed by atoms with van der Waals surface area (Å²) in [5, 5.41) is 13.2. The van der Waals surface area contributed by atoms with Crippen molar-refractivity contribution < 1.29 is 5.11 Å². The molecular weight excluding hydrogens is 188 g/mol. The van der Waals surface area contributed by atoms with Crippen LogP contribution in [0.3, 0.4) is 0 Å². The second-order valence-electron chi connectivity index (χ2n) is 5.26. The van der Waals surface area contributed by atoms with Crippen LogP contribution in [0.25, 0.3) is 0 Å². The molecule has 1 fully saturated rings. The fourth-order valence-corrected chi connectivity index (χ4v) is 2.15. The molecular formula is C12H26N2O. The molecule has 0 aromatic carbocycles. The zero-order valence-electron chi connectivity index (χ0n) is 10.4. The maximum absolute atomic E-state index is 9.68. The van der Waals surface area contributed by atoms with E-state index >= 15 is 0 Å². The van der Waals surface area contributed by atoms with E-state index in [1.807, 2.05) is 13.8 Å². The third-order valence-electron chi connectivity index (χ3n) is 3.04. The van der Waals surface area contributed by atoms with Gasteiger partial charge in [0.2, 0.25) is 0 Å². The second kappa shape index (κ2) is 5.83. The van der Waals surface area contributed by atoms with Gasteiger partial charge >= 0.3 is 0 Å². The highest BCUT2D eigenvalue weighted by molar-refractivity contribution is 4.79. The lowest BCUT2D eigenvalue weighted by Crippen LogP contribution is -2.46. The van der Waals surface area contributed by atoms with E-state index in [4.69, 9.17) is 0 Å². The molecule has 1 saturated heterocycles. The Labute approximate surface area is 93.9 Å². The Hall–Kier alpha value is -0.120. The Morgan fingerprint density at radius 1 is 1.47 bits per heavy atom. The van der Waals surface area contributed by atoms with E-state index < -0.39 is 5.60 Å². The Kier molecular flexibility index (Phi) is 5.03. The van der Waals surface area contributed by atoms with E-state index in [2.05, 4.69) is 17.1 Å². The predicted octanol–water partition coefficient (Wildman–Crippen LogP) is 1.22. The fraction of sp³-hybridized carbons (Fsp3) is 1.00. The lowest BCUT2D eigenvalue weighted by atomic mass is 10.0. The van der Waals surface area contributed by atoms with Crippen LogP contribution in [-0.4, -0.2) is 47.8 Å². The summed E-state index contributed by atoms with van der Waals surface area (Å²) in [6.45, 7) is 10.4. The average Bonchev–Trinajstić information content (AvgIpc) is 2.15. The second-order valence-corrected chi connectivity index (χ2v) is 5.26. The van der Waals surface area contributed by atoms with Gasteiger partial charge < -0.3 is 15.3 Å². The van der Waals surface area contributed by atoms with Crippen molar-refractivity contribution in [2.24, 2.45) is 0 Å². The van der Waals surface area contributed by atoms with Crippen LogP contribution in [0.1, 0.15) is 40.0 Å². The van der Waals surface area contributed by atoms with Gasteiger partial charge in [-0.05, 0) is 46.2 Å². The molecule has 1 aliphatic rings. The number of nitrogens with zero attached hydrogens (tertiary/aromatic N) is 1. The van der Waals surface area contributed by atoms with Gasteiger partial charge in [0.05, 0.1) is 5.60 Å². The minimum Gasteiger partial charge on any atom is -0.390 e. The molecule has 2 N–H and O–H groups in total. The molecule has 0 aromatic rings. The smallest absolute Gasteiger partial charge is 0.0603 e. The summed E-state index contributed by atoms with van der Waals surface area (Å²) in [6, 6.07) is 0.658. The SMILES string of the molecule is CCNC1CCCN(CCC(C)(C)O)C1. The first kappa shape index (κ1) is 12.9. The Morgan fingerprint density at radius 2 is 2.20 bits per heavy atom. The quantitative estimate of drug-likeness (QED) is 0.722. The van der Waals surface area contributed by atoms with E-state index in [-0.39, 0.29) is 0 Å². The van der Waals surface area contributed by atoms with Gasteiger partial charge in [-0.3, -0.25) is 0 Å². The highest BCUT2D eigenvalue weighted by atomic mass is 16.3. The van der Waals surface area contributed by atoms with Crippen LogP contribution in [0.5, 0.6) is 0 Å². The zero-order valence-corrected chi connectivity index (χ0v) is 10.4. The molecule has 0 amide bonds. The van der Waals surface area contributed by atoms with E-state index in [1.54, 1.807) is 0 Å². The summed E-state index contributed by atoms with van der Waals surface area (Å²) in [5.41, 5.74) is -0.523. The molecule has 1 aliphatic heterocycles. The van der Waals surface area contributed by atoms with Gasteiger partial charge in [0.1, 0.15) is 0 Å².